The minimum Gasteiger partial charge on any atom is -0.353 e. The summed E-state index contributed by atoms with van der Waals surface area (Å²) in [5.74, 6) is 0. The molecule has 0 saturated carbocycles. The highest BCUT2D eigenvalue weighted by Gasteiger charge is 2.06. The molecule has 0 atom stereocenters. The minimum absolute atomic E-state index is 0.571. The summed E-state index contributed by atoms with van der Waals surface area (Å²) in [7, 11) is 0. The van der Waals surface area contributed by atoms with Crippen molar-refractivity contribution in [3.63, 3.8) is 0 Å². The number of nitrogens with one attached hydrogen (secondary N) is 1. The smallest absolute Gasteiger partial charge is 0.101 e. The molecule has 0 radical (unpaired) electrons. The van der Waals surface area contributed by atoms with Crippen LogP contribution in [0.4, 0.5) is 11.4 Å². The molecule has 0 aliphatic rings. The summed E-state index contributed by atoms with van der Waals surface area (Å²) >= 11 is 9.56. The summed E-state index contributed by atoms with van der Waals surface area (Å²) in [6.45, 7) is 1.94. The first kappa shape index (κ1) is 12.9. The van der Waals surface area contributed by atoms with Crippen molar-refractivity contribution < 1.29 is 0 Å². The molecule has 0 unspecified atom stereocenters. The third-order valence-corrected chi connectivity index (χ3v) is 3.56. The molecule has 2 aromatic rings. The Kier molecular flexibility index (Phi) is 3.90. The molecule has 0 spiro atoms. The summed E-state index contributed by atoms with van der Waals surface area (Å²) < 4.78 is 0.875. The van der Waals surface area contributed by atoms with Crippen molar-refractivity contribution in [3.05, 3.63) is 57.0 Å². The van der Waals surface area contributed by atoms with Gasteiger partial charge < -0.3 is 5.32 Å². The number of nitriles is 1. The SMILES string of the molecule is Cc1cccc(Nc2ccc(Br)cc2C#N)c1Cl. The van der Waals surface area contributed by atoms with Crippen LogP contribution < -0.4 is 5.32 Å². The number of anilines is 2. The molecule has 2 nitrogen and oxygen atoms in total. The number of benzene rings is 2. The van der Waals surface area contributed by atoms with E-state index in [2.05, 4.69) is 27.3 Å². The molecule has 0 heterocycles. The molecule has 0 amide bonds. The van der Waals surface area contributed by atoms with E-state index >= 15 is 0 Å². The van der Waals surface area contributed by atoms with Gasteiger partial charge in [-0.1, -0.05) is 39.7 Å². The van der Waals surface area contributed by atoms with E-state index in [1.54, 1.807) is 6.07 Å². The van der Waals surface area contributed by atoms with Gasteiger partial charge in [-0.25, -0.2) is 0 Å². The Morgan fingerprint density at radius 1 is 1.22 bits per heavy atom. The maximum Gasteiger partial charge on any atom is 0.101 e. The lowest BCUT2D eigenvalue weighted by molar-refractivity contribution is 1.42. The fourth-order valence-electron chi connectivity index (χ4n) is 1.61. The summed E-state index contributed by atoms with van der Waals surface area (Å²) in [4.78, 5) is 0. The molecule has 90 valence electrons. The Bertz CT molecular complexity index is 632. The third-order valence-electron chi connectivity index (χ3n) is 2.56. The van der Waals surface area contributed by atoms with Gasteiger partial charge in [-0.2, -0.15) is 5.26 Å². The summed E-state index contributed by atoms with van der Waals surface area (Å²) in [5.41, 5.74) is 3.11. The van der Waals surface area contributed by atoms with E-state index < -0.39 is 0 Å². The van der Waals surface area contributed by atoms with Gasteiger partial charge in [-0.05, 0) is 36.8 Å². The molecule has 0 aliphatic heterocycles. The van der Waals surface area contributed by atoms with Crippen LogP contribution in [-0.4, -0.2) is 0 Å². The summed E-state index contributed by atoms with van der Waals surface area (Å²) in [5, 5.41) is 13.0. The molecule has 1 N–H and O–H groups in total. The van der Waals surface area contributed by atoms with Gasteiger partial charge in [0.1, 0.15) is 6.07 Å². The fraction of sp³-hybridized carbons (Fsp3) is 0.0714. The normalized spacial score (nSPS) is 9.89. The lowest BCUT2D eigenvalue weighted by Crippen LogP contribution is -1.95. The van der Waals surface area contributed by atoms with E-state index in [1.165, 1.54) is 0 Å². The number of hydrogen-bond donors (Lipinski definition) is 1. The van der Waals surface area contributed by atoms with Crippen molar-refractivity contribution in [3.8, 4) is 6.07 Å². The largest absolute Gasteiger partial charge is 0.353 e. The van der Waals surface area contributed by atoms with E-state index in [0.717, 1.165) is 21.4 Å². The summed E-state index contributed by atoms with van der Waals surface area (Å²) in [6.07, 6.45) is 0. The van der Waals surface area contributed by atoms with E-state index in [9.17, 15) is 0 Å². The third kappa shape index (κ3) is 2.66. The molecule has 0 aromatic heterocycles. The standard InChI is InChI=1S/C14H10BrClN2/c1-9-3-2-4-13(14(9)16)18-12-6-5-11(15)7-10(12)8-17/h2-7,18H,1H3. The fourth-order valence-corrected chi connectivity index (χ4v) is 2.14. The second-order valence-corrected chi connectivity index (χ2v) is 5.16. The van der Waals surface area contributed by atoms with Crippen LogP contribution in [0.25, 0.3) is 0 Å². The molecule has 2 rings (SSSR count). The number of halogens is 2. The Labute approximate surface area is 119 Å². The highest BCUT2D eigenvalue weighted by molar-refractivity contribution is 9.10. The Morgan fingerprint density at radius 2 is 2.00 bits per heavy atom. The van der Waals surface area contributed by atoms with E-state index in [0.29, 0.717) is 10.6 Å². The lowest BCUT2D eigenvalue weighted by Gasteiger charge is -2.11. The van der Waals surface area contributed by atoms with E-state index in [4.69, 9.17) is 16.9 Å². The number of aryl methyl sites for hydroxylation is 1. The van der Waals surface area contributed by atoms with Gasteiger partial charge in [0.05, 0.1) is 22.0 Å². The van der Waals surface area contributed by atoms with Crippen molar-refractivity contribution in [2.75, 3.05) is 5.32 Å². The highest BCUT2D eigenvalue weighted by Crippen LogP contribution is 2.30. The second kappa shape index (κ2) is 5.43. The minimum atomic E-state index is 0.571. The van der Waals surface area contributed by atoms with Crippen LogP contribution in [0.5, 0.6) is 0 Å². The van der Waals surface area contributed by atoms with Crippen molar-refractivity contribution in [1.29, 1.82) is 5.26 Å². The molecule has 0 aliphatic carbocycles. The topological polar surface area (TPSA) is 35.8 Å². The first-order chi connectivity index (χ1) is 8.61. The van der Waals surface area contributed by atoms with Gasteiger partial charge in [-0.15, -0.1) is 0 Å². The van der Waals surface area contributed by atoms with Crippen LogP contribution in [0.3, 0.4) is 0 Å². The van der Waals surface area contributed by atoms with Crippen LogP contribution in [0.15, 0.2) is 40.9 Å². The molecular weight excluding hydrogens is 312 g/mol. The lowest BCUT2D eigenvalue weighted by atomic mass is 10.1. The maximum absolute atomic E-state index is 9.10. The maximum atomic E-state index is 9.10. The molecule has 4 heteroatoms. The quantitative estimate of drug-likeness (QED) is 0.842. The highest BCUT2D eigenvalue weighted by atomic mass is 79.9. The van der Waals surface area contributed by atoms with Crippen LogP contribution >= 0.6 is 27.5 Å². The average Bonchev–Trinajstić information content (AvgIpc) is 2.37. The van der Waals surface area contributed by atoms with Crippen LogP contribution in [0.1, 0.15) is 11.1 Å². The van der Waals surface area contributed by atoms with Crippen molar-refractivity contribution in [1.82, 2.24) is 0 Å². The molecular formula is C14H10BrClN2. The molecule has 0 fully saturated rings. The van der Waals surface area contributed by atoms with Gasteiger partial charge in [0.25, 0.3) is 0 Å². The average molecular weight is 322 g/mol. The van der Waals surface area contributed by atoms with Crippen LogP contribution in [0, 0.1) is 18.3 Å². The van der Waals surface area contributed by atoms with Crippen LogP contribution in [0.2, 0.25) is 5.02 Å². The van der Waals surface area contributed by atoms with Gasteiger partial charge in [0.2, 0.25) is 0 Å². The van der Waals surface area contributed by atoms with Crippen LogP contribution in [-0.2, 0) is 0 Å². The summed E-state index contributed by atoms with van der Waals surface area (Å²) in [6, 6.07) is 13.4. The predicted molar refractivity (Wildman–Crippen MR) is 78.3 cm³/mol. The zero-order valence-electron chi connectivity index (χ0n) is 9.67. The predicted octanol–water partition coefficient (Wildman–Crippen LogP) is 5.03. The van der Waals surface area contributed by atoms with E-state index in [1.807, 2.05) is 37.3 Å². The molecule has 0 saturated heterocycles. The van der Waals surface area contributed by atoms with E-state index in [-0.39, 0.29) is 0 Å². The van der Waals surface area contributed by atoms with Gasteiger partial charge in [0, 0.05) is 4.47 Å². The zero-order valence-corrected chi connectivity index (χ0v) is 12.0. The first-order valence-electron chi connectivity index (χ1n) is 5.33. The Balaban J connectivity index is 2.41. The van der Waals surface area contributed by atoms with Crippen molar-refractivity contribution >= 4 is 38.9 Å². The number of nitrogens with zero attached hydrogens (tertiary/aromatic N) is 1. The Hall–Kier alpha value is -1.50. The zero-order chi connectivity index (χ0) is 13.1. The van der Waals surface area contributed by atoms with Gasteiger partial charge in [-0.3, -0.25) is 0 Å². The van der Waals surface area contributed by atoms with Crippen molar-refractivity contribution in [2.24, 2.45) is 0 Å². The molecule has 2 aromatic carbocycles. The molecule has 0 bridgehead atoms. The number of rotatable bonds is 2. The molecule has 18 heavy (non-hydrogen) atoms. The monoisotopic (exact) mass is 320 g/mol. The Morgan fingerprint density at radius 3 is 2.72 bits per heavy atom. The first-order valence-corrected chi connectivity index (χ1v) is 6.50. The number of hydrogen-bond acceptors (Lipinski definition) is 2. The van der Waals surface area contributed by atoms with Gasteiger partial charge >= 0.3 is 0 Å². The van der Waals surface area contributed by atoms with Crippen molar-refractivity contribution in [2.45, 2.75) is 6.92 Å². The second-order valence-electron chi connectivity index (χ2n) is 3.86. The van der Waals surface area contributed by atoms with Gasteiger partial charge in [0.15, 0.2) is 0 Å².